The number of benzene rings is 3. The van der Waals surface area contributed by atoms with Crippen LogP contribution in [0.5, 0.6) is 5.75 Å². The summed E-state index contributed by atoms with van der Waals surface area (Å²) in [4.78, 5) is 24.5. The molecule has 152 valence electrons. The van der Waals surface area contributed by atoms with E-state index in [9.17, 15) is 9.59 Å². The summed E-state index contributed by atoms with van der Waals surface area (Å²) < 4.78 is 6.24. The van der Waals surface area contributed by atoms with Gasteiger partial charge in [-0.05, 0) is 42.0 Å². The number of esters is 1. The maximum atomic E-state index is 12.3. The van der Waals surface area contributed by atoms with Gasteiger partial charge in [0.15, 0.2) is 0 Å². The summed E-state index contributed by atoms with van der Waals surface area (Å²) >= 11 is 15.2. The molecule has 1 amide bonds. The number of carbonyl (C=O) groups is 2. The molecule has 0 aromatic heterocycles. The standard InChI is InChI=1S/C22H15BrCl2N2O3/c23-16-6-9-20(30-21(28)10-14-4-2-1-3-5-14)15(11-16)13-26-27-22(29)18-8-7-17(24)12-19(18)25/h1-9,11-13H,10H2,(H,27,29)/b26-13-. The number of nitrogens with zero attached hydrogens (tertiary/aromatic N) is 1. The van der Waals surface area contributed by atoms with E-state index in [0.717, 1.165) is 10.0 Å². The molecule has 0 saturated carbocycles. The lowest BCUT2D eigenvalue weighted by atomic mass is 10.1. The Balaban J connectivity index is 1.70. The van der Waals surface area contributed by atoms with Crippen molar-refractivity contribution in [3.05, 3.63) is 97.9 Å². The van der Waals surface area contributed by atoms with Crippen molar-refractivity contribution in [3.63, 3.8) is 0 Å². The number of ether oxygens (including phenoxy) is 1. The zero-order valence-electron chi connectivity index (χ0n) is 15.4. The number of hydrogen-bond acceptors (Lipinski definition) is 4. The quantitative estimate of drug-likeness (QED) is 0.203. The summed E-state index contributed by atoms with van der Waals surface area (Å²) in [7, 11) is 0. The van der Waals surface area contributed by atoms with Gasteiger partial charge in [0, 0.05) is 15.1 Å². The Morgan fingerprint density at radius 1 is 1.03 bits per heavy atom. The molecule has 0 aliphatic heterocycles. The topological polar surface area (TPSA) is 67.8 Å². The van der Waals surface area contributed by atoms with E-state index in [1.54, 1.807) is 24.3 Å². The van der Waals surface area contributed by atoms with Crippen LogP contribution in [0.4, 0.5) is 0 Å². The minimum absolute atomic E-state index is 0.138. The van der Waals surface area contributed by atoms with Crippen molar-refractivity contribution in [1.82, 2.24) is 5.43 Å². The molecule has 0 atom stereocenters. The van der Waals surface area contributed by atoms with Gasteiger partial charge < -0.3 is 4.74 Å². The van der Waals surface area contributed by atoms with Crippen LogP contribution in [0.2, 0.25) is 10.0 Å². The van der Waals surface area contributed by atoms with Crippen molar-refractivity contribution >= 4 is 57.2 Å². The van der Waals surface area contributed by atoms with Gasteiger partial charge >= 0.3 is 5.97 Å². The number of hydrazone groups is 1. The highest BCUT2D eigenvalue weighted by Crippen LogP contribution is 2.23. The molecule has 3 aromatic carbocycles. The number of amides is 1. The van der Waals surface area contributed by atoms with Gasteiger partial charge in [0.25, 0.3) is 5.91 Å². The van der Waals surface area contributed by atoms with Crippen LogP contribution in [0, 0.1) is 0 Å². The first kappa shape index (κ1) is 22.0. The number of nitrogens with one attached hydrogen (secondary N) is 1. The van der Waals surface area contributed by atoms with Crippen LogP contribution in [0.3, 0.4) is 0 Å². The van der Waals surface area contributed by atoms with Gasteiger partial charge in [0.1, 0.15) is 5.75 Å². The molecule has 30 heavy (non-hydrogen) atoms. The lowest BCUT2D eigenvalue weighted by Crippen LogP contribution is -2.18. The second-order valence-electron chi connectivity index (χ2n) is 6.14. The highest BCUT2D eigenvalue weighted by atomic mass is 79.9. The molecule has 0 saturated heterocycles. The van der Waals surface area contributed by atoms with Crippen LogP contribution in [-0.2, 0) is 11.2 Å². The fraction of sp³-hybridized carbons (Fsp3) is 0.0455. The monoisotopic (exact) mass is 504 g/mol. The summed E-state index contributed by atoms with van der Waals surface area (Å²) in [5.41, 5.74) is 3.99. The molecular weight excluding hydrogens is 491 g/mol. The van der Waals surface area contributed by atoms with E-state index in [0.29, 0.717) is 16.3 Å². The van der Waals surface area contributed by atoms with E-state index in [2.05, 4.69) is 26.5 Å². The third-order valence-electron chi connectivity index (χ3n) is 3.93. The average molecular weight is 506 g/mol. The van der Waals surface area contributed by atoms with Crippen molar-refractivity contribution in [2.24, 2.45) is 5.10 Å². The highest BCUT2D eigenvalue weighted by molar-refractivity contribution is 9.10. The molecule has 3 aromatic rings. The molecule has 0 heterocycles. The molecule has 8 heteroatoms. The fourth-order valence-electron chi connectivity index (χ4n) is 2.53. The van der Waals surface area contributed by atoms with Gasteiger partial charge in [-0.1, -0.05) is 69.5 Å². The molecule has 0 aliphatic rings. The van der Waals surface area contributed by atoms with E-state index in [1.807, 2.05) is 30.3 Å². The number of carbonyl (C=O) groups excluding carboxylic acids is 2. The third kappa shape index (κ3) is 6.16. The van der Waals surface area contributed by atoms with Crippen molar-refractivity contribution in [1.29, 1.82) is 0 Å². The van der Waals surface area contributed by atoms with Crippen molar-refractivity contribution in [3.8, 4) is 5.75 Å². The number of halogens is 3. The largest absolute Gasteiger partial charge is 0.426 e. The van der Waals surface area contributed by atoms with Crippen molar-refractivity contribution in [2.75, 3.05) is 0 Å². The summed E-state index contributed by atoms with van der Waals surface area (Å²) in [6, 6.07) is 18.9. The summed E-state index contributed by atoms with van der Waals surface area (Å²) in [5, 5.41) is 4.59. The minimum atomic E-state index is -0.495. The second kappa shape index (κ2) is 10.4. The predicted molar refractivity (Wildman–Crippen MR) is 121 cm³/mol. The van der Waals surface area contributed by atoms with Gasteiger partial charge in [-0.15, -0.1) is 0 Å². The Bertz CT molecular complexity index is 1100. The average Bonchev–Trinajstić information content (AvgIpc) is 2.70. The first-order valence-corrected chi connectivity index (χ1v) is 10.3. The lowest BCUT2D eigenvalue weighted by molar-refractivity contribution is -0.133. The van der Waals surface area contributed by atoms with Crippen LogP contribution < -0.4 is 10.2 Å². The SMILES string of the molecule is O=C(Cc1ccccc1)Oc1ccc(Br)cc1/C=N\NC(=O)c1ccc(Cl)cc1Cl. The Morgan fingerprint density at radius 2 is 1.80 bits per heavy atom. The molecule has 1 N–H and O–H groups in total. The second-order valence-corrected chi connectivity index (χ2v) is 7.90. The first-order valence-electron chi connectivity index (χ1n) is 8.75. The Kier molecular flexibility index (Phi) is 7.63. The maximum absolute atomic E-state index is 12.3. The van der Waals surface area contributed by atoms with Gasteiger partial charge in [0.05, 0.1) is 23.2 Å². The Labute approximate surface area is 191 Å². The summed E-state index contributed by atoms with van der Waals surface area (Å²) in [6.07, 6.45) is 1.52. The smallest absolute Gasteiger partial charge is 0.315 e. The maximum Gasteiger partial charge on any atom is 0.315 e. The summed E-state index contributed by atoms with van der Waals surface area (Å²) in [6.45, 7) is 0. The van der Waals surface area contributed by atoms with Crippen LogP contribution in [0.15, 0.2) is 76.3 Å². The van der Waals surface area contributed by atoms with E-state index >= 15 is 0 Å². The van der Waals surface area contributed by atoms with Crippen LogP contribution in [0.1, 0.15) is 21.5 Å². The number of rotatable bonds is 6. The van der Waals surface area contributed by atoms with E-state index < -0.39 is 11.9 Å². The van der Waals surface area contributed by atoms with E-state index in [4.69, 9.17) is 27.9 Å². The van der Waals surface area contributed by atoms with Crippen LogP contribution >= 0.6 is 39.1 Å². The number of hydrogen-bond donors (Lipinski definition) is 1. The van der Waals surface area contributed by atoms with Gasteiger partial charge in [0.2, 0.25) is 0 Å². The minimum Gasteiger partial charge on any atom is -0.426 e. The first-order chi connectivity index (χ1) is 14.4. The van der Waals surface area contributed by atoms with Crippen molar-refractivity contribution < 1.29 is 14.3 Å². The van der Waals surface area contributed by atoms with E-state index in [-0.39, 0.29) is 17.0 Å². The molecule has 0 unspecified atom stereocenters. The molecular formula is C22H15BrCl2N2O3. The molecule has 0 radical (unpaired) electrons. The zero-order chi connectivity index (χ0) is 21.5. The molecule has 3 rings (SSSR count). The molecule has 0 aliphatic carbocycles. The molecule has 0 spiro atoms. The molecule has 5 nitrogen and oxygen atoms in total. The highest BCUT2D eigenvalue weighted by Gasteiger charge is 2.12. The van der Waals surface area contributed by atoms with Gasteiger partial charge in [-0.3, -0.25) is 9.59 Å². The zero-order valence-corrected chi connectivity index (χ0v) is 18.5. The van der Waals surface area contributed by atoms with Gasteiger partial charge in [-0.2, -0.15) is 5.10 Å². The lowest BCUT2D eigenvalue weighted by Gasteiger charge is -2.08. The Hall–Kier alpha value is -2.67. The van der Waals surface area contributed by atoms with Gasteiger partial charge in [-0.25, -0.2) is 5.43 Å². The fourth-order valence-corrected chi connectivity index (χ4v) is 3.40. The van der Waals surface area contributed by atoms with Crippen molar-refractivity contribution in [2.45, 2.75) is 6.42 Å². The predicted octanol–water partition coefficient (Wildman–Crippen LogP) is 5.67. The summed E-state index contributed by atoms with van der Waals surface area (Å²) in [5.74, 6) is -0.581. The molecule has 0 bridgehead atoms. The van der Waals surface area contributed by atoms with Crippen LogP contribution in [0.25, 0.3) is 0 Å². The normalized spacial score (nSPS) is 10.8. The van der Waals surface area contributed by atoms with E-state index in [1.165, 1.54) is 18.3 Å². The third-order valence-corrected chi connectivity index (χ3v) is 4.97. The molecule has 0 fully saturated rings. The van der Waals surface area contributed by atoms with Crippen LogP contribution in [-0.4, -0.2) is 18.1 Å². The Morgan fingerprint density at radius 3 is 2.53 bits per heavy atom.